The van der Waals surface area contributed by atoms with E-state index >= 15 is 0 Å². The molecule has 72 valence electrons. The minimum atomic E-state index is -1.28. The number of carbonyl (C=O) groups is 2. The van der Waals surface area contributed by atoms with Crippen LogP contribution in [0.3, 0.4) is 0 Å². The van der Waals surface area contributed by atoms with Crippen LogP contribution in [-0.2, 0) is 9.59 Å². The highest BCUT2D eigenvalue weighted by Gasteiger charge is 2.69. The molecule has 0 radical (unpaired) electrons. The summed E-state index contributed by atoms with van der Waals surface area (Å²) in [6.07, 6.45) is 1.03. The van der Waals surface area contributed by atoms with Gasteiger partial charge in [-0.3, -0.25) is 9.59 Å². The molecular formula is C8H11NO4. The van der Waals surface area contributed by atoms with Crippen molar-refractivity contribution in [3.05, 3.63) is 0 Å². The van der Waals surface area contributed by atoms with Crippen molar-refractivity contribution in [3.63, 3.8) is 0 Å². The van der Waals surface area contributed by atoms with E-state index in [1.165, 1.54) is 0 Å². The number of nitrogens with two attached hydrogens (primary N) is 1. The summed E-state index contributed by atoms with van der Waals surface area (Å²) in [4.78, 5) is 21.4. The predicted molar refractivity (Wildman–Crippen MR) is 41.9 cm³/mol. The van der Waals surface area contributed by atoms with Crippen LogP contribution in [0.4, 0.5) is 0 Å². The molecule has 0 unspecified atom stereocenters. The smallest absolute Gasteiger partial charge is 0.324 e. The molecule has 0 bridgehead atoms. The maximum absolute atomic E-state index is 10.8. The Balaban J connectivity index is 2.20. The van der Waals surface area contributed by atoms with Crippen molar-refractivity contribution < 1.29 is 19.8 Å². The summed E-state index contributed by atoms with van der Waals surface area (Å²) in [5.41, 5.74) is 4.37. The van der Waals surface area contributed by atoms with Gasteiger partial charge in [-0.25, -0.2) is 0 Å². The van der Waals surface area contributed by atoms with Gasteiger partial charge in [0.15, 0.2) is 0 Å². The predicted octanol–water partition coefficient (Wildman–Crippen LogP) is -0.491. The first-order valence-corrected chi connectivity index (χ1v) is 4.23. The van der Waals surface area contributed by atoms with Gasteiger partial charge in [0.05, 0.1) is 5.92 Å². The van der Waals surface area contributed by atoms with Gasteiger partial charge in [0.1, 0.15) is 5.54 Å². The lowest BCUT2D eigenvalue weighted by atomic mass is 9.92. The zero-order chi connectivity index (χ0) is 9.80. The summed E-state index contributed by atoms with van der Waals surface area (Å²) >= 11 is 0. The van der Waals surface area contributed by atoms with Crippen molar-refractivity contribution in [1.29, 1.82) is 0 Å². The normalized spacial score (nSPS) is 47.0. The van der Waals surface area contributed by atoms with E-state index in [0.29, 0.717) is 12.8 Å². The first-order chi connectivity index (χ1) is 5.98. The van der Waals surface area contributed by atoms with Gasteiger partial charge in [-0.15, -0.1) is 0 Å². The van der Waals surface area contributed by atoms with E-state index < -0.39 is 23.4 Å². The standard InChI is InChI=1S/C8H11NO4/c9-8(7(12)13)2-1-3-4(5(3)8)6(10)11/h3-5H,1-2,9H2,(H,10,11)(H,12,13)/t3-,4+,5+,8-/m0/s1. The minimum Gasteiger partial charge on any atom is -0.481 e. The molecule has 0 saturated heterocycles. The highest BCUT2D eigenvalue weighted by Crippen LogP contribution is 2.61. The second-order valence-corrected chi connectivity index (χ2v) is 3.94. The van der Waals surface area contributed by atoms with Crippen LogP contribution in [0.2, 0.25) is 0 Å². The van der Waals surface area contributed by atoms with Gasteiger partial charge in [-0.1, -0.05) is 0 Å². The number of aliphatic carboxylic acids is 2. The Morgan fingerprint density at radius 3 is 2.38 bits per heavy atom. The fraction of sp³-hybridized carbons (Fsp3) is 0.750. The summed E-state index contributed by atoms with van der Waals surface area (Å²) in [7, 11) is 0. The number of fused-ring (bicyclic) bond motifs is 1. The lowest BCUT2D eigenvalue weighted by molar-refractivity contribution is -0.145. The molecule has 5 nitrogen and oxygen atoms in total. The third kappa shape index (κ3) is 0.904. The van der Waals surface area contributed by atoms with E-state index in [4.69, 9.17) is 15.9 Å². The quantitative estimate of drug-likeness (QED) is 0.539. The molecule has 0 spiro atoms. The number of carboxylic acids is 2. The first-order valence-electron chi connectivity index (χ1n) is 4.23. The molecule has 0 aromatic rings. The Labute approximate surface area is 74.5 Å². The summed E-state index contributed by atoms with van der Waals surface area (Å²) in [5.74, 6) is -2.84. The maximum atomic E-state index is 10.8. The lowest BCUT2D eigenvalue weighted by Gasteiger charge is -2.20. The highest BCUT2D eigenvalue weighted by atomic mass is 16.4. The highest BCUT2D eigenvalue weighted by molar-refractivity contribution is 5.85. The molecule has 2 aliphatic carbocycles. The second-order valence-electron chi connectivity index (χ2n) is 3.94. The Morgan fingerprint density at radius 1 is 1.38 bits per heavy atom. The third-order valence-electron chi connectivity index (χ3n) is 3.34. The van der Waals surface area contributed by atoms with Crippen molar-refractivity contribution in [3.8, 4) is 0 Å². The van der Waals surface area contributed by atoms with Crippen molar-refractivity contribution in [1.82, 2.24) is 0 Å². The van der Waals surface area contributed by atoms with Crippen molar-refractivity contribution in [2.45, 2.75) is 18.4 Å². The number of carboxylic acid groups (broad SMARTS) is 2. The Bertz CT molecular complexity index is 290. The molecular weight excluding hydrogens is 174 g/mol. The van der Waals surface area contributed by atoms with Gasteiger partial charge in [-0.2, -0.15) is 0 Å². The van der Waals surface area contributed by atoms with Crippen LogP contribution in [-0.4, -0.2) is 27.7 Å². The van der Waals surface area contributed by atoms with Gasteiger partial charge in [0, 0.05) is 5.92 Å². The molecule has 0 heterocycles. The molecule has 0 aliphatic heterocycles. The van der Waals surface area contributed by atoms with Gasteiger partial charge >= 0.3 is 11.9 Å². The SMILES string of the molecule is N[C@@]1(C(=O)O)CC[C@H]2[C@@H](C(=O)O)[C@@H]21. The van der Waals surface area contributed by atoms with E-state index in [2.05, 4.69) is 0 Å². The van der Waals surface area contributed by atoms with Gasteiger partial charge in [0.25, 0.3) is 0 Å². The summed E-state index contributed by atoms with van der Waals surface area (Å²) < 4.78 is 0. The average Bonchev–Trinajstić information content (AvgIpc) is 2.66. The third-order valence-corrected chi connectivity index (χ3v) is 3.34. The van der Waals surface area contributed by atoms with E-state index in [1.807, 2.05) is 0 Å². The summed E-state index contributed by atoms with van der Waals surface area (Å²) in [6.45, 7) is 0. The van der Waals surface area contributed by atoms with E-state index in [0.717, 1.165) is 0 Å². The van der Waals surface area contributed by atoms with E-state index in [9.17, 15) is 9.59 Å². The lowest BCUT2D eigenvalue weighted by Crippen LogP contribution is -2.49. The van der Waals surface area contributed by atoms with Crippen LogP contribution in [0.1, 0.15) is 12.8 Å². The number of hydrogen-bond acceptors (Lipinski definition) is 3. The van der Waals surface area contributed by atoms with E-state index in [1.54, 1.807) is 0 Å². The van der Waals surface area contributed by atoms with Crippen LogP contribution < -0.4 is 5.73 Å². The Hall–Kier alpha value is -1.10. The second kappa shape index (κ2) is 2.23. The summed E-state index contributed by atoms with van der Waals surface area (Å²) in [6, 6.07) is 0. The molecule has 4 N–H and O–H groups in total. The fourth-order valence-corrected chi connectivity index (χ4v) is 2.59. The Kier molecular flexibility index (Phi) is 1.46. The Morgan fingerprint density at radius 2 is 2.00 bits per heavy atom. The molecule has 0 aromatic carbocycles. The fourth-order valence-electron chi connectivity index (χ4n) is 2.59. The molecule has 2 rings (SSSR count). The molecule has 5 heteroatoms. The number of rotatable bonds is 2. The molecule has 2 saturated carbocycles. The molecule has 2 aliphatic rings. The van der Waals surface area contributed by atoms with Crippen LogP contribution in [0.15, 0.2) is 0 Å². The minimum absolute atomic E-state index is 0.00130. The first kappa shape index (κ1) is 8.50. The monoisotopic (exact) mass is 185 g/mol. The van der Waals surface area contributed by atoms with Crippen LogP contribution in [0.5, 0.6) is 0 Å². The largest absolute Gasteiger partial charge is 0.481 e. The molecule has 4 atom stereocenters. The van der Waals surface area contributed by atoms with E-state index in [-0.39, 0.29) is 11.8 Å². The molecule has 0 aromatic heterocycles. The molecule has 2 fully saturated rings. The van der Waals surface area contributed by atoms with Crippen molar-refractivity contribution >= 4 is 11.9 Å². The molecule has 0 amide bonds. The van der Waals surface area contributed by atoms with Crippen LogP contribution >= 0.6 is 0 Å². The topological polar surface area (TPSA) is 101 Å². The summed E-state index contributed by atoms with van der Waals surface area (Å²) in [5, 5.41) is 17.6. The van der Waals surface area contributed by atoms with Crippen molar-refractivity contribution in [2.75, 3.05) is 0 Å². The average molecular weight is 185 g/mol. The zero-order valence-electron chi connectivity index (χ0n) is 6.93. The van der Waals surface area contributed by atoms with Crippen LogP contribution in [0, 0.1) is 17.8 Å². The van der Waals surface area contributed by atoms with Gasteiger partial charge in [0.2, 0.25) is 0 Å². The maximum Gasteiger partial charge on any atom is 0.324 e. The molecule has 13 heavy (non-hydrogen) atoms. The van der Waals surface area contributed by atoms with Crippen molar-refractivity contribution in [2.24, 2.45) is 23.5 Å². The van der Waals surface area contributed by atoms with Gasteiger partial charge in [-0.05, 0) is 18.8 Å². The zero-order valence-corrected chi connectivity index (χ0v) is 6.93. The van der Waals surface area contributed by atoms with Gasteiger partial charge < -0.3 is 15.9 Å². The number of hydrogen-bond donors (Lipinski definition) is 3. The van der Waals surface area contributed by atoms with Crippen LogP contribution in [0.25, 0.3) is 0 Å².